The first-order valence-corrected chi connectivity index (χ1v) is 11.4. The van der Waals surface area contributed by atoms with Gasteiger partial charge in [-0.1, -0.05) is 53.8 Å². The first-order chi connectivity index (χ1) is 14.6. The van der Waals surface area contributed by atoms with Gasteiger partial charge in [-0.05, 0) is 29.3 Å². The normalized spacial score (nSPS) is 13.7. The highest BCUT2D eigenvalue weighted by Gasteiger charge is 2.30. The Kier molecular flexibility index (Phi) is 7.35. The lowest BCUT2D eigenvalue weighted by Crippen LogP contribution is -2.10. The molecule has 0 fully saturated rings. The molecule has 1 aromatic heterocycles. The van der Waals surface area contributed by atoms with E-state index in [1.165, 1.54) is 31.2 Å². The number of benzene rings is 2. The van der Waals surface area contributed by atoms with E-state index in [0.29, 0.717) is 22.1 Å². The smallest absolute Gasteiger partial charge is 0.416 e. The maximum absolute atomic E-state index is 12.9. The van der Waals surface area contributed by atoms with Crippen LogP contribution < -0.4 is 0 Å². The highest BCUT2D eigenvalue weighted by Crippen LogP contribution is 2.39. The van der Waals surface area contributed by atoms with E-state index in [0.717, 1.165) is 17.7 Å². The Morgan fingerprint density at radius 1 is 1.26 bits per heavy atom. The summed E-state index contributed by atoms with van der Waals surface area (Å²) in [7, 11) is 1.30. The molecule has 164 valence electrons. The van der Waals surface area contributed by atoms with Gasteiger partial charge in [-0.2, -0.15) is 13.2 Å². The topological polar surface area (TPSA) is 63.3 Å². The molecule has 0 amide bonds. The summed E-state index contributed by atoms with van der Waals surface area (Å²) < 4.78 is 49.2. The van der Waals surface area contributed by atoms with E-state index >= 15 is 0 Å². The van der Waals surface area contributed by atoms with Crippen LogP contribution in [0.4, 0.5) is 13.2 Å². The Labute approximate surface area is 195 Å². The van der Waals surface area contributed by atoms with Crippen LogP contribution in [0.2, 0.25) is 0 Å². The summed E-state index contributed by atoms with van der Waals surface area (Å²) in [5.74, 6) is -0.484. The lowest BCUT2D eigenvalue weighted by atomic mass is 10.1. The summed E-state index contributed by atoms with van der Waals surface area (Å²) in [6.45, 7) is 2.00. The molecule has 2 unspecified atom stereocenters. The summed E-state index contributed by atoms with van der Waals surface area (Å²) in [5, 5.41) is 9.16. The summed E-state index contributed by atoms with van der Waals surface area (Å²) in [5.41, 5.74) is 1.50. The molecule has 0 saturated carbocycles. The zero-order chi connectivity index (χ0) is 22.8. The molecule has 0 aliphatic carbocycles. The van der Waals surface area contributed by atoms with Crippen molar-refractivity contribution in [3.05, 3.63) is 71.0 Å². The van der Waals surface area contributed by atoms with Gasteiger partial charge in [0.2, 0.25) is 0 Å². The van der Waals surface area contributed by atoms with Gasteiger partial charge < -0.3 is 9.15 Å². The van der Waals surface area contributed by atoms with Crippen molar-refractivity contribution < 1.29 is 27.1 Å². The summed E-state index contributed by atoms with van der Waals surface area (Å²) in [6, 6.07) is 10.5. The van der Waals surface area contributed by atoms with Crippen LogP contribution >= 0.6 is 34.4 Å². The number of thioether (sulfide) groups is 1. The molecule has 1 heterocycles. The van der Waals surface area contributed by atoms with Crippen LogP contribution in [0.15, 0.2) is 53.1 Å². The number of rotatable bonds is 6. The third-order valence-corrected chi connectivity index (χ3v) is 7.21. The molecule has 2 aromatic carbocycles. The number of ether oxygens (including phenoxy) is 1. The molecule has 3 rings (SSSR count). The third-order valence-electron chi connectivity index (χ3n) is 4.64. The second kappa shape index (κ2) is 9.64. The number of hydrogen-bond donors (Lipinski definition) is 1. The average Bonchev–Trinajstić information content (AvgIpc) is 3.14. The fourth-order valence-corrected chi connectivity index (χ4v) is 5.04. The first kappa shape index (κ1) is 23.6. The van der Waals surface area contributed by atoms with Crippen molar-refractivity contribution >= 4 is 56.3 Å². The maximum Gasteiger partial charge on any atom is 0.416 e. The first-order valence-electron chi connectivity index (χ1n) is 9.24. The van der Waals surface area contributed by atoms with E-state index in [2.05, 4.69) is 22.6 Å². The van der Waals surface area contributed by atoms with Crippen LogP contribution in [0.25, 0.3) is 11.0 Å². The molecule has 3 aromatic rings. The molecule has 0 aliphatic heterocycles. The quantitative estimate of drug-likeness (QED) is 0.115. The van der Waals surface area contributed by atoms with E-state index in [9.17, 15) is 18.0 Å². The zero-order valence-electron chi connectivity index (χ0n) is 16.6. The van der Waals surface area contributed by atoms with Crippen molar-refractivity contribution in [2.75, 3.05) is 7.11 Å². The molecule has 31 heavy (non-hydrogen) atoms. The van der Waals surface area contributed by atoms with Crippen LogP contribution in [0, 0.1) is 5.41 Å². The summed E-state index contributed by atoms with van der Waals surface area (Å²) in [6.07, 6.45) is -2.94. The molecular weight excluding hydrogens is 542 g/mol. The Hall–Kier alpha value is -2.01. The highest BCUT2D eigenvalue weighted by atomic mass is 127. The van der Waals surface area contributed by atoms with Crippen LogP contribution in [-0.2, 0) is 17.3 Å². The van der Waals surface area contributed by atoms with Crippen molar-refractivity contribution in [3.63, 3.8) is 0 Å². The minimum absolute atomic E-state index is 0.115. The van der Waals surface area contributed by atoms with Gasteiger partial charge in [0.1, 0.15) is 17.4 Å². The van der Waals surface area contributed by atoms with E-state index in [1.54, 1.807) is 12.1 Å². The van der Waals surface area contributed by atoms with E-state index < -0.39 is 17.7 Å². The molecule has 9 heteroatoms. The molecule has 0 bridgehead atoms. The van der Waals surface area contributed by atoms with Crippen molar-refractivity contribution in [2.24, 2.45) is 0 Å². The van der Waals surface area contributed by atoms with Gasteiger partial charge in [-0.25, -0.2) is 4.79 Å². The lowest BCUT2D eigenvalue weighted by Gasteiger charge is -2.20. The van der Waals surface area contributed by atoms with Crippen molar-refractivity contribution in [2.45, 2.75) is 28.7 Å². The largest absolute Gasteiger partial charge is 0.465 e. The molecule has 2 atom stereocenters. The standard InChI is InChI=1S/C22H19F3INO3S/c1-12(26)20(14-6-7-16-17(21(28)29-2)11-30-18(16)10-14)31-19(27)9-13-4-3-5-15(8-13)22(23,24)25/h3-8,10-12,20,27H,9H2,1-2H3. The second-order valence-corrected chi connectivity index (χ2v) is 10.1. The maximum atomic E-state index is 12.9. The molecule has 0 aliphatic rings. The second-order valence-electron chi connectivity index (χ2n) is 6.91. The molecule has 1 N–H and O–H groups in total. The Balaban J connectivity index is 1.80. The number of alkyl halides is 4. The predicted octanol–water partition coefficient (Wildman–Crippen LogP) is 7.06. The number of carbonyl (C=O) groups excluding carboxylic acids is 1. The zero-order valence-corrected chi connectivity index (χ0v) is 19.6. The summed E-state index contributed by atoms with van der Waals surface area (Å²) in [4.78, 5) is 11.8. The summed E-state index contributed by atoms with van der Waals surface area (Å²) >= 11 is 3.56. The van der Waals surface area contributed by atoms with Gasteiger partial charge in [0.25, 0.3) is 0 Å². The number of carbonyl (C=O) groups is 1. The fraction of sp³-hybridized carbons (Fsp3) is 0.273. The minimum atomic E-state index is -4.41. The Morgan fingerprint density at radius 2 is 2.00 bits per heavy atom. The number of furan rings is 1. The number of fused-ring (bicyclic) bond motifs is 1. The number of hydrogen-bond acceptors (Lipinski definition) is 5. The van der Waals surface area contributed by atoms with E-state index in [-0.39, 0.29) is 20.6 Å². The van der Waals surface area contributed by atoms with E-state index in [4.69, 9.17) is 14.6 Å². The molecule has 0 saturated heterocycles. The Bertz CT molecular complexity index is 1110. The Morgan fingerprint density at radius 3 is 2.65 bits per heavy atom. The number of methoxy groups -OCH3 is 1. The van der Waals surface area contributed by atoms with Crippen molar-refractivity contribution in [1.82, 2.24) is 0 Å². The molecular formula is C22H19F3INO3S. The van der Waals surface area contributed by atoms with Crippen molar-refractivity contribution in [3.8, 4) is 0 Å². The molecule has 0 radical (unpaired) electrons. The molecule has 0 spiro atoms. The number of esters is 1. The van der Waals surface area contributed by atoms with E-state index in [1.807, 2.05) is 19.1 Å². The highest BCUT2D eigenvalue weighted by molar-refractivity contribution is 14.1. The van der Waals surface area contributed by atoms with Crippen LogP contribution in [-0.4, -0.2) is 22.0 Å². The number of halogens is 4. The number of nitrogens with one attached hydrogen (secondary N) is 1. The van der Waals surface area contributed by atoms with Gasteiger partial charge in [0.15, 0.2) is 0 Å². The minimum Gasteiger partial charge on any atom is -0.465 e. The third kappa shape index (κ3) is 5.62. The van der Waals surface area contributed by atoms with Gasteiger partial charge in [-0.15, -0.1) is 11.8 Å². The van der Waals surface area contributed by atoms with Gasteiger partial charge in [-0.3, -0.25) is 5.41 Å². The fourth-order valence-electron chi connectivity index (χ4n) is 3.15. The SMILES string of the molecule is COC(=O)c1coc2cc(C(SC(=N)Cc3cccc(C(F)(F)F)c3)C(C)I)ccc12. The van der Waals surface area contributed by atoms with Gasteiger partial charge in [0, 0.05) is 21.0 Å². The molecule has 4 nitrogen and oxygen atoms in total. The lowest BCUT2D eigenvalue weighted by molar-refractivity contribution is -0.137. The predicted molar refractivity (Wildman–Crippen MR) is 124 cm³/mol. The van der Waals surface area contributed by atoms with Crippen LogP contribution in [0.1, 0.15) is 39.2 Å². The monoisotopic (exact) mass is 561 g/mol. The van der Waals surface area contributed by atoms with Gasteiger partial charge >= 0.3 is 12.1 Å². The van der Waals surface area contributed by atoms with Gasteiger partial charge in [0.05, 0.1) is 17.7 Å². The van der Waals surface area contributed by atoms with Crippen LogP contribution in [0.3, 0.4) is 0 Å². The average molecular weight is 561 g/mol. The van der Waals surface area contributed by atoms with Crippen LogP contribution in [0.5, 0.6) is 0 Å². The van der Waals surface area contributed by atoms with Crippen molar-refractivity contribution in [1.29, 1.82) is 5.41 Å².